The first kappa shape index (κ1) is 99.5. The number of H-pyrrole nitrogens is 1. The number of carbonyl (C=O) groups is 10. The van der Waals surface area contributed by atoms with Crippen molar-refractivity contribution in [3.05, 3.63) is 71.4 Å². The normalized spacial score (nSPS) is 50.0. The summed E-state index contributed by atoms with van der Waals surface area (Å²) >= 11 is 0. The van der Waals surface area contributed by atoms with Crippen molar-refractivity contribution < 1.29 is 106 Å². The zero-order chi connectivity index (χ0) is 99.7. The van der Waals surface area contributed by atoms with Gasteiger partial charge < -0.3 is 78.5 Å². The van der Waals surface area contributed by atoms with E-state index in [-0.39, 0.29) is 193 Å². The number of cyclic esters (lactones) is 4. The van der Waals surface area contributed by atoms with Crippen LogP contribution in [-0.4, -0.2) is 179 Å². The van der Waals surface area contributed by atoms with Crippen LogP contribution >= 0.6 is 0 Å². The summed E-state index contributed by atoms with van der Waals surface area (Å²) in [5.41, 5.74) is -2.50. The zero-order valence-electron chi connectivity index (χ0n) is 86.8. The van der Waals surface area contributed by atoms with Crippen LogP contribution in [0.3, 0.4) is 0 Å². The van der Waals surface area contributed by atoms with E-state index in [9.17, 15) is 58.2 Å². The topological polar surface area (TPSA) is 362 Å². The molecule has 9 aliphatic heterocycles. The molecule has 0 aromatic carbocycles. The highest BCUT2D eigenvalue weighted by Crippen LogP contribution is 2.84. The second-order valence-corrected chi connectivity index (χ2v) is 52.5. The van der Waals surface area contributed by atoms with Crippen molar-refractivity contribution >= 4 is 59.3 Å². The minimum Gasteiger partial charge on any atom is -0.462 e. The molecule has 1 aromatic rings. The van der Waals surface area contributed by atoms with Crippen LogP contribution in [0, 0.1) is 146 Å². The van der Waals surface area contributed by atoms with E-state index in [1.165, 1.54) is 27.7 Å². The molecule has 21 aliphatic rings. The summed E-state index contributed by atoms with van der Waals surface area (Å²) in [6, 6.07) is 1.97. The Bertz CT molecular complexity index is 5290. The molecule has 2 spiro atoms. The summed E-state index contributed by atoms with van der Waals surface area (Å²) in [6.07, 6.45) is 26.7. The molecule has 12 saturated carbocycles. The summed E-state index contributed by atoms with van der Waals surface area (Å²) in [6.45, 7) is 53.6. The van der Waals surface area contributed by atoms with Crippen LogP contribution in [0.1, 0.15) is 319 Å². The van der Waals surface area contributed by atoms with E-state index >= 15 is 0 Å². The van der Waals surface area contributed by atoms with Crippen molar-refractivity contribution in [1.29, 1.82) is 0 Å². The Morgan fingerprint density at radius 3 is 1.33 bits per heavy atom. The maximum Gasteiger partial charge on any atom is 0.339 e. The Labute approximate surface area is 816 Å². The Kier molecular flexibility index (Phi) is 23.5. The predicted octanol–water partition coefficient (Wildman–Crippen LogP) is 16.4. The SMILES string of the molecule is CC(=O)O[C@@H]1CC2C(C)(C)C(=O)CC[C@]2(C)C2CC[C@]3(C)C(=CC(=O)O[C@H]3C3CCNC3)[C@@]21C.CC(=O)O[C@@H]1CC2C(C)(C)C(=O)CC[C@]2(C)C2CC[C@]3(C)C(=CC(=O)O[C@H]3c3cc[nH]c3)[C@@]21C.CC(=O)O[C@@H]1CC2C(C)(C)[C@H](O)CC[C@]2(C)C2CC[C@@]3(C)[C@H](C4=CNCC4)OC(=O)C4OC43[C@@]21C.CC(=O)O[C@@H]1CC2C(C)(C)[C@H](O)CC[C@]2(C)C2CC[C@@]3(C)[C@H](C4C=CNC4)OC(=O)C4OC43[C@@]21C. The maximum absolute atomic E-state index is 13.3. The molecular formula is C112H160N4O22. The van der Waals surface area contributed by atoms with Crippen LogP contribution in [0.15, 0.2) is 65.8 Å². The van der Waals surface area contributed by atoms with E-state index in [0.717, 1.165) is 151 Å². The third-order valence-corrected chi connectivity index (χ3v) is 45.2. The van der Waals surface area contributed by atoms with Crippen LogP contribution in [0.25, 0.3) is 0 Å². The molecule has 12 aliphatic carbocycles. The van der Waals surface area contributed by atoms with Gasteiger partial charge in [0.25, 0.3) is 0 Å². The van der Waals surface area contributed by atoms with Crippen LogP contribution in [0.4, 0.5) is 0 Å². The average molecular weight is 1910 g/mol. The number of aliphatic hydroxyl groups excluding tert-OH is 2. The fraction of sp³-hybridized carbons (Fsp3) is 0.804. The Morgan fingerprint density at radius 2 is 0.870 bits per heavy atom. The highest BCUT2D eigenvalue weighted by Gasteiger charge is 2.91. The number of aliphatic hydroxyl groups is 2. The van der Waals surface area contributed by atoms with E-state index in [1.807, 2.05) is 30.9 Å². The molecule has 36 atom stereocenters. The molecule has 138 heavy (non-hydrogen) atoms. The van der Waals surface area contributed by atoms with Gasteiger partial charge in [-0.3, -0.25) is 28.8 Å². The molecule has 0 amide bonds. The van der Waals surface area contributed by atoms with Gasteiger partial charge in [-0.1, -0.05) is 145 Å². The van der Waals surface area contributed by atoms with Gasteiger partial charge in [0.2, 0.25) is 0 Å². The Balaban J connectivity index is 0.000000118. The molecule has 760 valence electrons. The van der Waals surface area contributed by atoms with Crippen molar-refractivity contribution in [1.82, 2.24) is 20.9 Å². The number of esters is 8. The van der Waals surface area contributed by atoms with E-state index in [0.29, 0.717) is 56.0 Å². The van der Waals surface area contributed by atoms with Gasteiger partial charge in [0.15, 0.2) is 12.2 Å². The first-order valence-electron chi connectivity index (χ1n) is 52.8. The minimum absolute atomic E-state index is 0.0492. The number of hydrogen-bond donors (Lipinski definition) is 6. The van der Waals surface area contributed by atoms with Gasteiger partial charge >= 0.3 is 47.8 Å². The van der Waals surface area contributed by atoms with Gasteiger partial charge in [-0.25, -0.2) is 19.2 Å². The molecular weight excluding hydrogens is 1750 g/mol. The van der Waals surface area contributed by atoms with Crippen molar-refractivity contribution in [2.75, 3.05) is 26.2 Å². The molecule has 10 heterocycles. The number of ketones is 2. The highest BCUT2D eigenvalue weighted by atomic mass is 16.7. The van der Waals surface area contributed by atoms with Crippen molar-refractivity contribution in [3.8, 4) is 0 Å². The number of aromatic amines is 1. The van der Waals surface area contributed by atoms with Crippen molar-refractivity contribution in [2.24, 2.45) is 146 Å². The summed E-state index contributed by atoms with van der Waals surface area (Å²) in [7, 11) is 0. The van der Waals surface area contributed by atoms with Crippen molar-refractivity contribution in [2.45, 2.75) is 392 Å². The minimum atomic E-state index is -0.735. The Morgan fingerprint density at radius 1 is 0.420 bits per heavy atom. The maximum atomic E-state index is 13.3. The van der Waals surface area contributed by atoms with Crippen LogP contribution in [0.2, 0.25) is 0 Å². The number of fused-ring (bicyclic) bond motifs is 16. The van der Waals surface area contributed by atoms with E-state index < -0.39 is 78.9 Å². The molecule has 26 heteroatoms. The third-order valence-electron chi connectivity index (χ3n) is 45.2. The number of rotatable bonds is 8. The van der Waals surface area contributed by atoms with E-state index in [2.05, 4.69) is 165 Å². The number of epoxide rings is 2. The molecule has 0 bridgehead atoms. The molecule has 22 rings (SSSR count). The lowest BCUT2D eigenvalue weighted by atomic mass is 9.34. The first-order chi connectivity index (χ1) is 64.4. The molecule has 5 saturated heterocycles. The monoisotopic (exact) mass is 1910 g/mol. The number of carbonyl (C=O) groups excluding carboxylic acids is 10. The molecule has 6 N–H and O–H groups in total. The smallest absolute Gasteiger partial charge is 0.339 e. The van der Waals surface area contributed by atoms with Gasteiger partial charge in [-0.05, 0) is 250 Å². The number of ether oxygens (including phenoxy) is 10. The van der Waals surface area contributed by atoms with Gasteiger partial charge in [-0.15, -0.1) is 0 Å². The number of aromatic nitrogens is 1. The number of Topliss-reactive ketones (excluding diaryl/α,β-unsaturated/α-hetero) is 2. The molecule has 26 nitrogen and oxygen atoms in total. The average Bonchev–Trinajstić information content (AvgIpc) is 1.46. The Hall–Kier alpha value is -7.26. The zero-order valence-corrected chi connectivity index (χ0v) is 86.8. The summed E-state index contributed by atoms with van der Waals surface area (Å²) < 4.78 is 62.0. The number of hydrogen-bond acceptors (Lipinski definition) is 25. The lowest BCUT2D eigenvalue weighted by molar-refractivity contribution is -0.276. The van der Waals surface area contributed by atoms with Crippen LogP contribution < -0.4 is 16.0 Å². The predicted molar refractivity (Wildman–Crippen MR) is 510 cm³/mol. The molecule has 14 unspecified atom stereocenters. The van der Waals surface area contributed by atoms with Crippen molar-refractivity contribution in [3.63, 3.8) is 0 Å². The van der Waals surface area contributed by atoms with Crippen LogP contribution in [0.5, 0.6) is 0 Å². The lowest BCUT2D eigenvalue weighted by Gasteiger charge is -2.70. The fourth-order valence-corrected chi connectivity index (χ4v) is 38.6. The van der Waals surface area contributed by atoms with Gasteiger partial charge in [-0.2, -0.15) is 0 Å². The number of nitrogens with one attached hydrogen (secondary N) is 4. The fourth-order valence-electron chi connectivity index (χ4n) is 38.6. The molecule has 17 fully saturated rings. The summed E-state index contributed by atoms with van der Waals surface area (Å²) in [5.74, 6) is 0.0962. The molecule has 1 aromatic heterocycles. The second kappa shape index (κ2) is 32.6. The molecule has 0 radical (unpaired) electrons. The van der Waals surface area contributed by atoms with Gasteiger partial charge in [0.1, 0.15) is 71.6 Å². The largest absolute Gasteiger partial charge is 0.462 e. The van der Waals surface area contributed by atoms with Gasteiger partial charge in [0, 0.05) is 156 Å². The standard InChI is InChI=1S/2C28H41NO6.C28H41NO5.C28H37NO5/c2*1-15(30)33-20-13-18-24(2,3)19(31)8-10-25(18,4)17-7-11-26(5)21(16-9-12-29-14-16)34-23(32)22-28(26,35-22)27(17,20)6;2*1-16(30)33-22-13-19-25(2,3)21(31)8-11-26(19,4)18-7-10-27(5)20(28(18,22)6)14-23(32)34-24(27)17-9-12-29-15-17/h14,17-22,29,31H,7-13H2,1-6H3;9,12,16-22,29,31H,7-8,10-11,13-14H2,1-6H3;14,17-19,22,24,29H,7-13,15H2,1-6H3;9,12,14-15,18-19,22,24,29H,7-8,10-11,13H2,1-6H3/t17?,18?,19-,20-,21+,22?,25-,26+,27+,28?;16?,17?,18?,19-,20-,21+,22?,25-,26+,27+,28?;17?,18?,19?,22-,24+,26-,27-,28-;18?,19?,22-,24+,26-,27-,28-/m1111/s1. The lowest BCUT2D eigenvalue weighted by Crippen LogP contribution is -2.75. The van der Waals surface area contributed by atoms with E-state index in [1.54, 1.807) is 12.2 Å². The first-order valence-corrected chi connectivity index (χ1v) is 52.8. The second-order valence-electron chi connectivity index (χ2n) is 52.5. The van der Waals surface area contributed by atoms with E-state index in [4.69, 9.17) is 47.4 Å². The van der Waals surface area contributed by atoms with Gasteiger partial charge in [0.05, 0.1) is 12.2 Å². The third kappa shape index (κ3) is 13.5. The summed E-state index contributed by atoms with van der Waals surface area (Å²) in [5, 5.41) is 32.0. The van der Waals surface area contributed by atoms with Crippen LogP contribution in [-0.2, 0) is 95.3 Å². The summed E-state index contributed by atoms with van der Waals surface area (Å²) in [4.78, 5) is 131. The quantitative estimate of drug-likeness (QED) is 0.0800. The highest BCUT2D eigenvalue weighted by molar-refractivity contribution is 5.89.